The van der Waals surface area contributed by atoms with Crippen LogP contribution < -0.4 is 4.90 Å². The topological polar surface area (TPSA) is 46.1 Å². The summed E-state index contributed by atoms with van der Waals surface area (Å²) in [6.07, 6.45) is 3.52. The van der Waals surface area contributed by atoms with E-state index in [-0.39, 0.29) is 5.91 Å². The molecular weight excluding hydrogens is 446 g/mol. The Morgan fingerprint density at radius 2 is 1.90 bits per heavy atom. The van der Waals surface area contributed by atoms with E-state index < -0.39 is 0 Å². The summed E-state index contributed by atoms with van der Waals surface area (Å²) in [7, 11) is 0. The third kappa shape index (κ3) is 4.23. The molecule has 4 aromatic rings. The highest BCUT2D eigenvalue weighted by molar-refractivity contribution is 9.10. The zero-order chi connectivity index (χ0) is 20.4. The van der Waals surface area contributed by atoms with Crippen LogP contribution in [0.15, 0.2) is 71.5 Å². The van der Waals surface area contributed by atoms with Crippen molar-refractivity contribution < 1.29 is 4.79 Å². The van der Waals surface area contributed by atoms with E-state index in [1.807, 2.05) is 36.4 Å². The summed E-state index contributed by atoms with van der Waals surface area (Å²) in [5.74, 6) is 0.286. The molecule has 6 heteroatoms. The van der Waals surface area contributed by atoms with Gasteiger partial charge in [0, 0.05) is 22.4 Å². The molecule has 0 unspecified atom stereocenters. The van der Waals surface area contributed by atoms with Gasteiger partial charge in [0.2, 0.25) is 0 Å². The van der Waals surface area contributed by atoms with Crippen LogP contribution in [-0.2, 0) is 6.54 Å². The van der Waals surface area contributed by atoms with Crippen molar-refractivity contribution in [3.63, 3.8) is 0 Å². The molecule has 4 nitrogen and oxygen atoms in total. The minimum atomic E-state index is -0.0773. The molecule has 4 rings (SSSR count). The number of benzene rings is 2. The number of aromatic nitrogens is 2. The number of para-hydroxylation sites is 1. The monoisotopic (exact) mass is 465 g/mol. The Morgan fingerprint density at radius 3 is 2.59 bits per heavy atom. The van der Waals surface area contributed by atoms with Gasteiger partial charge in [-0.3, -0.25) is 14.7 Å². The SMILES string of the molecule is CC(C)c1cccc2sc(N(Cc3cccnc3)C(=O)c3ccc(Br)cc3)nc12. The van der Waals surface area contributed by atoms with Crippen molar-refractivity contribution in [2.75, 3.05) is 4.90 Å². The molecule has 29 heavy (non-hydrogen) atoms. The highest BCUT2D eigenvalue weighted by Gasteiger charge is 2.23. The van der Waals surface area contributed by atoms with Gasteiger partial charge in [0.25, 0.3) is 5.91 Å². The first kappa shape index (κ1) is 19.7. The molecular formula is C23H20BrN3OS. The van der Waals surface area contributed by atoms with Crippen LogP contribution in [0.3, 0.4) is 0 Å². The van der Waals surface area contributed by atoms with Crippen molar-refractivity contribution in [1.29, 1.82) is 0 Å². The van der Waals surface area contributed by atoms with Gasteiger partial charge >= 0.3 is 0 Å². The average molecular weight is 466 g/mol. The smallest absolute Gasteiger partial charge is 0.260 e. The molecule has 0 aliphatic carbocycles. The highest BCUT2D eigenvalue weighted by atomic mass is 79.9. The van der Waals surface area contributed by atoms with Crippen molar-refractivity contribution in [1.82, 2.24) is 9.97 Å². The number of carbonyl (C=O) groups excluding carboxylic acids is 1. The molecule has 0 saturated carbocycles. The molecule has 0 saturated heterocycles. The van der Waals surface area contributed by atoms with Crippen molar-refractivity contribution in [3.05, 3.63) is 88.2 Å². The summed E-state index contributed by atoms with van der Waals surface area (Å²) >= 11 is 4.98. The predicted molar refractivity (Wildman–Crippen MR) is 123 cm³/mol. The fraction of sp³-hybridized carbons (Fsp3) is 0.174. The number of pyridine rings is 1. The highest BCUT2D eigenvalue weighted by Crippen LogP contribution is 2.34. The fourth-order valence-electron chi connectivity index (χ4n) is 3.19. The summed E-state index contributed by atoms with van der Waals surface area (Å²) in [6, 6.07) is 17.5. The Balaban J connectivity index is 1.79. The molecule has 0 atom stereocenters. The first-order valence-corrected chi connectivity index (χ1v) is 11.0. The maximum atomic E-state index is 13.4. The first-order chi connectivity index (χ1) is 14.0. The molecule has 0 aliphatic rings. The molecule has 0 spiro atoms. The van der Waals surface area contributed by atoms with Gasteiger partial charge in [0.05, 0.1) is 16.8 Å². The van der Waals surface area contributed by atoms with E-state index in [9.17, 15) is 4.79 Å². The van der Waals surface area contributed by atoms with E-state index in [1.54, 1.807) is 28.6 Å². The van der Waals surface area contributed by atoms with Crippen molar-refractivity contribution in [2.45, 2.75) is 26.3 Å². The predicted octanol–water partition coefficient (Wildman–Crippen LogP) is 6.42. The minimum absolute atomic E-state index is 0.0773. The number of carbonyl (C=O) groups is 1. The van der Waals surface area contributed by atoms with Crippen LogP contribution in [0.1, 0.15) is 41.3 Å². The Hall–Kier alpha value is -2.57. The number of nitrogens with zero attached hydrogens (tertiary/aromatic N) is 3. The number of rotatable bonds is 5. The molecule has 0 radical (unpaired) electrons. The molecule has 2 aromatic carbocycles. The first-order valence-electron chi connectivity index (χ1n) is 9.38. The van der Waals surface area contributed by atoms with Crippen LogP contribution in [0.5, 0.6) is 0 Å². The van der Waals surface area contributed by atoms with Crippen LogP contribution in [0.25, 0.3) is 10.2 Å². The van der Waals surface area contributed by atoms with Gasteiger partial charge in [0.1, 0.15) is 0 Å². The van der Waals surface area contributed by atoms with Gasteiger partial charge < -0.3 is 0 Å². The van der Waals surface area contributed by atoms with E-state index in [4.69, 9.17) is 4.98 Å². The Labute approximate surface area is 182 Å². The zero-order valence-electron chi connectivity index (χ0n) is 16.2. The zero-order valence-corrected chi connectivity index (χ0v) is 18.6. The molecule has 2 aromatic heterocycles. The Kier molecular flexibility index (Phi) is 5.74. The number of halogens is 1. The molecule has 0 fully saturated rings. The minimum Gasteiger partial charge on any atom is -0.279 e. The maximum absolute atomic E-state index is 13.4. The van der Waals surface area contributed by atoms with Gasteiger partial charge in [0.15, 0.2) is 5.13 Å². The van der Waals surface area contributed by atoms with Gasteiger partial charge in [-0.25, -0.2) is 4.98 Å². The standard InChI is InChI=1S/C23H20BrN3OS/c1-15(2)19-6-3-7-20-21(19)26-23(29-20)27(14-16-5-4-12-25-13-16)22(28)17-8-10-18(24)11-9-17/h3-13,15H,14H2,1-2H3. The second-order valence-electron chi connectivity index (χ2n) is 7.10. The number of fused-ring (bicyclic) bond motifs is 1. The fourth-order valence-corrected chi connectivity index (χ4v) is 4.45. The number of hydrogen-bond acceptors (Lipinski definition) is 4. The van der Waals surface area contributed by atoms with Crippen molar-refractivity contribution in [2.24, 2.45) is 0 Å². The maximum Gasteiger partial charge on any atom is 0.260 e. The van der Waals surface area contributed by atoms with E-state index >= 15 is 0 Å². The summed E-state index contributed by atoms with van der Waals surface area (Å²) in [4.78, 5) is 24.2. The molecule has 146 valence electrons. The lowest BCUT2D eigenvalue weighted by Crippen LogP contribution is -2.30. The lowest BCUT2D eigenvalue weighted by molar-refractivity contribution is 0.0985. The van der Waals surface area contributed by atoms with E-state index in [1.165, 1.54) is 5.56 Å². The summed E-state index contributed by atoms with van der Waals surface area (Å²) in [5.41, 5.74) is 3.76. The third-order valence-electron chi connectivity index (χ3n) is 4.69. The van der Waals surface area contributed by atoms with Gasteiger partial charge in [-0.05, 0) is 53.4 Å². The molecule has 1 amide bonds. The summed E-state index contributed by atoms with van der Waals surface area (Å²) in [5, 5.41) is 0.699. The van der Waals surface area contributed by atoms with Crippen molar-refractivity contribution in [3.8, 4) is 0 Å². The molecule has 2 heterocycles. The average Bonchev–Trinajstić information content (AvgIpc) is 3.16. The van der Waals surface area contributed by atoms with Crippen molar-refractivity contribution >= 4 is 48.5 Å². The van der Waals surface area contributed by atoms with Gasteiger partial charge in [-0.1, -0.05) is 59.3 Å². The van der Waals surface area contributed by atoms with E-state index in [2.05, 4.69) is 53.0 Å². The van der Waals surface area contributed by atoms with E-state index in [0.29, 0.717) is 23.2 Å². The second kappa shape index (κ2) is 8.43. The van der Waals surface area contributed by atoms with Gasteiger partial charge in [-0.15, -0.1) is 0 Å². The third-order valence-corrected chi connectivity index (χ3v) is 6.26. The summed E-state index contributed by atoms with van der Waals surface area (Å²) < 4.78 is 2.03. The van der Waals surface area contributed by atoms with Crippen LogP contribution in [-0.4, -0.2) is 15.9 Å². The van der Waals surface area contributed by atoms with Crippen LogP contribution in [0.4, 0.5) is 5.13 Å². The molecule has 0 bridgehead atoms. The summed E-state index contributed by atoms with van der Waals surface area (Å²) in [6.45, 7) is 4.74. The van der Waals surface area contributed by atoms with Crippen LogP contribution in [0, 0.1) is 0 Å². The second-order valence-corrected chi connectivity index (χ2v) is 9.03. The number of anilines is 1. The Morgan fingerprint density at radius 1 is 1.10 bits per heavy atom. The van der Waals surface area contributed by atoms with Crippen LogP contribution >= 0.6 is 27.3 Å². The quantitative estimate of drug-likeness (QED) is 0.341. The lowest BCUT2D eigenvalue weighted by Gasteiger charge is -2.20. The largest absolute Gasteiger partial charge is 0.279 e. The lowest BCUT2D eigenvalue weighted by atomic mass is 10.0. The van der Waals surface area contributed by atoms with Gasteiger partial charge in [-0.2, -0.15) is 0 Å². The normalized spacial score (nSPS) is 11.2. The number of amides is 1. The number of thiazole rings is 1. The molecule has 0 N–H and O–H groups in total. The number of hydrogen-bond donors (Lipinski definition) is 0. The molecule has 0 aliphatic heterocycles. The van der Waals surface area contributed by atoms with E-state index in [0.717, 1.165) is 20.3 Å². The Bertz CT molecular complexity index is 1140. The van der Waals surface area contributed by atoms with Crippen LogP contribution in [0.2, 0.25) is 0 Å².